The zero-order chi connectivity index (χ0) is 21.5. The Kier molecular flexibility index (Phi) is 7.08. The largest absolute Gasteiger partial charge is 0.493 e. The smallest absolute Gasteiger partial charge is 0.312 e. The Balaban J connectivity index is 1.55. The summed E-state index contributed by atoms with van der Waals surface area (Å²) in [6, 6.07) is 8.97. The first-order chi connectivity index (χ1) is 14.5. The van der Waals surface area contributed by atoms with E-state index in [-0.39, 0.29) is 13.0 Å². The second-order valence-electron chi connectivity index (χ2n) is 6.32. The molecule has 0 radical (unpaired) electrons. The molecule has 9 heteroatoms. The number of furan rings is 1. The quantitative estimate of drug-likeness (QED) is 0.520. The molecule has 1 atom stereocenters. The minimum atomic E-state index is -0.920. The lowest BCUT2D eigenvalue weighted by Gasteiger charge is -2.12. The van der Waals surface area contributed by atoms with Gasteiger partial charge in [0.1, 0.15) is 10.8 Å². The number of esters is 1. The lowest BCUT2D eigenvalue weighted by molar-refractivity contribution is -0.154. The summed E-state index contributed by atoms with van der Waals surface area (Å²) < 4.78 is 20.9. The summed E-state index contributed by atoms with van der Waals surface area (Å²) in [7, 11) is 3.14. The maximum atomic E-state index is 12.2. The van der Waals surface area contributed by atoms with Gasteiger partial charge in [-0.3, -0.25) is 9.59 Å². The highest BCUT2D eigenvalue weighted by molar-refractivity contribution is 7.13. The van der Waals surface area contributed by atoms with Crippen molar-refractivity contribution in [3.63, 3.8) is 0 Å². The molecule has 3 aromatic rings. The van der Waals surface area contributed by atoms with E-state index in [0.717, 1.165) is 10.6 Å². The van der Waals surface area contributed by atoms with Gasteiger partial charge in [-0.05, 0) is 37.3 Å². The van der Waals surface area contributed by atoms with Gasteiger partial charge in [0.05, 0.1) is 39.1 Å². The minimum Gasteiger partial charge on any atom is -0.493 e. The highest BCUT2D eigenvalue weighted by Gasteiger charge is 2.19. The molecule has 1 unspecified atom stereocenters. The molecule has 0 aliphatic heterocycles. The molecular weight excluding hydrogens is 408 g/mol. The number of amides is 1. The topological polar surface area (TPSA) is 99.9 Å². The van der Waals surface area contributed by atoms with Crippen LogP contribution in [0.15, 0.2) is 46.4 Å². The van der Waals surface area contributed by atoms with E-state index in [2.05, 4.69) is 10.3 Å². The normalized spacial score (nSPS) is 11.6. The van der Waals surface area contributed by atoms with Gasteiger partial charge >= 0.3 is 5.97 Å². The SMILES string of the molecule is COc1ccc(-c2nc(CC(=O)OC(C)C(=O)NCc3ccco3)cs2)cc1OC. The monoisotopic (exact) mass is 430 g/mol. The Labute approximate surface area is 177 Å². The molecule has 2 heterocycles. The van der Waals surface area contributed by atoms with Crippen LogP contribution in [0.2, 0.25) is 0 Å². The first kappa shape index (κ1) is 21.4. The van der Waals surface area contributed by atoms with E-state index in [0.29, 0.717) is 23.0 Å². The van der Waals surface area contributed by atoms with Crippen LogP contribution >= 0.6 is 11.3 Å². The van der Waals surface area contributed by atoms with Crippen molar-refractivity contribution in [3.05, 3.63) is 53.4 Å². The third kappa shape index (κ3) is 5.38. The molecule has 1 N–H and O–H groups in total. The second kappa shape index (κ2) is 9.93. The molecule has 158 valence electrons. The number of rotatable bonds is 9. The third-order valence-corrected chi connectivity index (χ3v) is 5.14. The van der Waals surface area contributed by atoms with Gasteiger partial charge in [0.15, 0.2) is 17.6 Å². The molecule has 2 aromatic heterocycles. The van der Waals surface area contributed by atoms with E-state index in [9.17, 15) is 9.59 Å². The van der Waals surface area contributed by atoms with Crippen LogP contribution in [0.3, 0.4) is 0 Å². The zero-order valence-corrected chi connectivity index (χ0v) is 17.7. The number of thiazole rings is 1. The van der Waals surface area contributed by atoms with Crippen LogP contribution in [-0.4, -0.2) is 37.2 Å². The molecule has 0 spiro atoms. The molecule has 1 aromatic carbocycles. The Morgan fingerprint density at radius 3 is 2.70 bits per heavy atom. The van der Waals surface area contributed by atoms with E-state index in [1.54, 1.807) is 37.8 Å². The van der Waals surface area contributed by atoms with Crippen molar-refractivity contribution in [2.75, 3.05) is 14.2 Å². The first-order valence-electron chi connectivity index (χ1n) is 9.16. The molecule has 0 bridgehead atoms. The van der Waals surface area contributed by atoms with Gasteiger partial charge in [0.2, 0.25) is 0 Å². The van der Waals surface area contributed by atoms with Crippen LogP contribution in [0.25, 0.3) is 10.6 Å². The number of methoxy groups -OCH3 is 2. The molecule has 3 rings (SSSR count). The van der Waals surface area contributed by atoms with Crippen molar-refractivity contribution in [2.24, 2.45) is 0 Å². The van der Waals surface area contributed by atoms with Crippen LogP contribution < -0.4 is 14.8 Å². The summed E-state index contributed by atoms with van der Waals surface area (Å²) in [5, 5.41) is 5.18. The summed E-state index contributed by atoms with van der Waals surface area (Å²) in [5.41, 5.74) is 1.42. The number of hydrogen-bond acceptors (Lipinski definition) is 8. The average molecular weight is 430 g/mol. The van der Waals surface area contributed by atoms with Crippen LogP contribution in [0, 0.1) is 0 Å². The molecule has 30 heavy (non-hydrogen) atoms. The Morgan fingerprint density at radius 1 is 1.20 bits per heavy atom. The number of ether oxygens (including phenoxy) is 3. The summed E-state index contributed by atoms with van der Waals surface area (Å²) in [5.74, 6) is 0.914. The van der Waals surface area contributed by atoms with Crippen LogP contribution in [-0.2, 0) is 27.3 Å². The molecule has 0 aliphatic carbocycles. The predicted octanol–water partition coefficient (Wildman–Crippen LogP) is 3.21. The van der Waals surface area contributed by atoms with Crippen molar-refractivity contribution in [2.45, 2.75) is 26.0 Å². The van der Waals surface area contributed by atoms with Gasteiger partial charge in [0, 0.05) is 10.9 Å². The van der Waals surface area contributed by atoms with E-state index in [1.165, 1.54) is 24.5 Å². The van der Waals surface area contributed by atoms with Gasteiger partial charge in [0.25, 0.3) is 5.91 Å². The second-order valence-corrected chi connectivity index (χ2v) is 7.18. The van der Waals surface area contributed by atoms with Crippen LogP contribution in [0.4, 0.5) is 0 Å². The van der Waals surface area contributed by atoms with Gasteiger partial charge in [-0.15, -0.1) is 11.3 Å². The molecular formula is C21H22N2O6S. The van der Waals surface area contributed by atoms with Gasteiger partial charge in [-0.1, -0.05) is 0 Å². The Bertz CT molecular complexity index is 999. The van der Waals surface area contributed by atoms with Crippen molar-refractivity contribution in [1.82, 2.24) is 10.3 Å². The van der Waals surface area contributed by atoms with Gasteiger partial charge in [-0.2, -0.15) is 0 Å². The number of nitrogens with one attached hydrogen (secondary N) is 1. The lowest BCUT2D eigenvalue weighted by Crippen LogP contribution is -2.35. The van der Waals surface area contributed by atoms with Crippen LogP contribution in [0.5, 0.6) is 11.5 Å². The third-order valence-electron chi connectivity index (χ3n) is 4.20. The number of carbonyl (C=O) groups is 2. The van der Waals surface area contributed by atoms with E-state index in [4.69, 9.17) is 18.6 Å². The summed E-state index contributed by atoms with van der Waals surface area (Å²) in [6.07, 6.45) is 0.575. The van der Waals surface area contributed by atoms with Crippen molar-refractivity contribution >= 4 is 23.2 Å². The molecule has 0 saturated heterocycles. The number of benzene rings is 1. The van der Waals surface area contributed by atoms with E-state index in [1.807, 2.05) is 12.1 Å². The fourth-order valence-corrected chi connectivity index (χ4v) is 3.48. The van der Waals surface area contributed by atoms with Gasteiger partial charge in [-0.25, -0.2) is 4.98 Å². The van der Waals surface area contributed by atoms with E-state index < -0.39 is 18.0 Å². The molecule has 0 saturated carbocycles. The Morgan fingerprint density at radius 2 is 2.00 bits per heavy atom. The Hall–Kier alpha value is -3.33. The maximum absolute atomic E-state index is 12.2. The highest BCUT2D eigenvalue weighted by atomic mass is 32.1. The molecule has 0 aliphatic rings. The zero-order valence-electron chi connectivity index (χ0n) is 16.8. The fourth-order valence-electron chi connectivity index (χ4n) is 2.66. The number of aromatic nitrogens is 1. The standard InChI is InChI=1S/C21H22N2O6S/c1-13(20(25)22-11-16-5-4-8-28-16)29-19(24)10-15-12-30-21(23-15)14-6-7-17(26-2)18(9-14)27-3/h4-9,12-13H,10-11H2,1-3H3,(H,22,25). The highest BCUT2D eigenvalue weighted by Crippen LogP contribution is 2.33. The summed E-state index contributed by atoms with van der Waals surface area (Å²) in [6.45, 7) is 1.75. The first-order valence-corrected chi connectivity index (χ1v) is 10.0. The summed E-state index contributed by atoms with van der Waals surface area (Å²) >= 11 is 1.40. The summed E-state index contributed by atoms with van der Waals surface area (Å²) in [4.78, 5) is 28.7. The van der Waals surface area contributed by atoms with Gasteiger partial charge < -0.3 is 23.9 Å². The number of carbonyl (C=O) groups excluding carboxylic acids is 2. The van der Waals surface area contributed by atoms with Crippen LogP contribution in [0.1, 0.15) is 18.4 Å². The van der Waals surface area contributed by atoms with Crippen molar-refractivity contribution < 1.29 is 28.2 Å². The number of nitrogens with zero attached hydrogens (tertiary/aromatic N) is 1. The average Bonchev–Trinajstić information content (AvgIpc) is 3.43. The molecule has 8 nitrogen and oxygen atoms in total. The number of hydrogen-bond donors (Lipinski definition) is 1. The minimum absolute atomic E-state index is 0.0282. The molecule has 1 amide bonds. The van der Waals surface area contributed by atoms with Crippen molar-refractivity contribution in [3.8, 4) is 22.1 Å². The lowest BCUT2D eigenvalue weighted by atomic mass is 10.2. The van der Waals surface area contributed by atoms with Crippen molar-refractivity contribution in [1.29, 1.82) is 0 Å². The molecule has 0 fully saturated rings. The fraction of sp³-hybridized carbons (Fsp3) is 0.286. The maximum Gasteiger partial charge on any atom is 0.312 e. The predicted molar refractivity (Wildman–Crippen MR) is 110 cm³/mol. The van der Waals surface area contributed by atoms with E-state index >= 15 is 0 Å².